The van der Waals surface area contributed by atoms with Gasteiger partial charge in [0.2, 0.25) is 5.89 Å². The van der Waals surface area contributed by atoms with E-state index < -0.39 is 0 Å². The van der Waals surface area contributed by atoms with E-state index in [1.54, 1.807) is 11.3 Å². The molecule has 2 aromatic rings. The summed E-state index contributed by atoms with van der Waals surface area (Å²) in [7, 11) is 1.95. The lowest BCUT2D eigenvalue weighted by molar-refractivity contribution is 0.421. The Balaban J connectivity index is 2.00. The maximum absolute atomic E-state index is 5.65. The summed E-state index contributed by atoms with van der Waals surface area (Å²) < 4.78 is 5.65. The summed E-state index contributed by atoms with van der Waals surface area (Å²) in [5, 5.41) is 13.5. The topological polar surface area (TPSA) is 54.2 Å². The van der Waals surface area contributed by atoms with Crippen molar-refractivity contribution in [3.63, 3.8) is 0 Å². The van der Waals surface area contributed by atoms with Crippen LogP contribution in [0.25, 0.3) is 0 Å². The molecule has 0 aliphatic heterocycles. The number of rotatable bonds is 6. The zero-order chi connectivity index (χ0) is 13.0. The lowest BCUT2D eigenvalue weighted by Gasteiger charge is -2.12. The van der Waals surface area contributed by atoms with Crippen LogP contribution in [0.1, 0.15) is 30.7 Å². The van der Waals surface area contributed by atoms with Crippen LogP contribution in [0.3, 0.4) is 0 Å². The summed E-state index contributed by atoms with van der Waals surface area (Å²) >= 11 is 1.72. The molecule has 5 nitrogen and oxygen atoms in total. The van der Waals surface area contributed by atoms with Crippen molar-refractivity contribution in [3.8, 4) is 0 Å². The van der Waals surface area contributed by atoms with Gasteiger partial charge in [0.1, 0.15) is 0 Å². The van der Waals surface area contributed by atoms with Crippen molar-refractivity contribution in [3.05, 3.63) is 28.3 Å². The van der Waals surface area contributed by atoms with E-state index >= 15 is 0 Å². The Bertz CT molecular complexity index is 468. The summed E-state index contributed by atoms with van der Waals surface area (Å²) in [5.74, 6) is 0.630. The monoisotopic (exact) mass is 266 g/mol. The maximum atomic E-state index is 5.65. The lowest BCUT2D eigenvalue weighted by Crippen LogP contribution is -2.18. The lowest BCUT2D eigenvalue weighted by atomic mass is 10.3. The van der Waals surface area contributed by atoms with Gasteiger partial charge in [0, 0.05) is 11.9 Å². The number of nitrogens with one attached hydrogen (secondary N) is 1. The Labute approximate surface area is 111 Å². The van der Waals surface area contributed by atoms with E-state index in [-0.39, 0.29) is 6.04 Å². The Kier molecular flexibility index (Phi) is 4.33. The number of hydrogen-bond acceptors (Lipinski definition) is 6. The molecule has 0 aliphatic rings. The molecular weight excluding hydrogens is 248 g/mol. The summed E-state index contributed by atoms with van der Waals surface area (Å²) in [6, 6.07) is 4.79. The Morgan fingerprint density at radius 1 is 1.50 bits per heavy atom. The fourth-order valence-electron chi connectivity index (χ4n) is 1.65. The molecule has 2 aromatic heterocycles. The van der Waals surface area contributed by atoms with Crippen LogP contribution >= 0.6 is 11.3 Å². The van der Waals surface area contributed by atoms with Crippen LogP contribution in [-0.2, 0) is 6.54 Å². The normalized spacial score (nSPS) is 12.6. The van der Waals surface area contributed by atoms with E-state index in [0.29, 0.717) is 11.9 Å². The van der Waals surface area contributed by atoms with Crippen LogP contribution < -0.4 is 10.2 Å². The van der Waals surface area contributed by atoms with E-state index in [9.17, 15) is 0 Å². The maximum Gasteiger partial charge on any atom is 0.318 e. The molecule has 98 valence electrons. The number of nitrogens with zero attached hydrogens (tertiary/aromatic N) is 3. The van der Waals surface area contributed by atoms with Crippen molar-refractivity contribution in [2.24, 2.45) is 0 Å². The highest BCUT2D eigenvalue weighted by molar-refractivity contribution is 7.09. The minimum atomic E-state index is 0.0892. The highest BCUT2D eigenvalue weighted by Crippen LogP contribution is 2.19. The third-order valence-corrected chi connectivity index (χ3v) is 3.47. The summed E-state index contributed by atoms with van der Waals surface area (Å²) in [5.41, 5.74) is 0. The zero-order valence-corrected chi connectivity index (χ0v) is 11.7. The molecule has 2 heterocycles. The predicted octanol–water partition coefficient (Wildman–Crippen LogP) is 2.44. The van der Waals surface area contributed by atoms with Gasteiger partial charge in [-0.15, -0.1) is 16.4 Å². The van der Waals surface area contributed by atoms with Gasteiger partial charge < -0.3 is 14.6 Å². The smallest absolute Gasteiger partial charge is 0.318 e. The van der Waals surface area contributed by atoms with Gasteiger partial charge in [-0.1, -0.05) is 18.1 Å². The highest BCUT2D eigenvalue weighted by atomic mass is 32.1. The van der Waals surface area contributed by atoms with Crippen LogP contribution in [0.2, 0.25) is 0 Å². The third-order valence-electron chi connectivity index (χ3n) is 2.61. The second-order valence-corrected chi connectivity index (χ2v) is 5.17. The van der Waals surface area contributed by atoms with Gasteiger partial charge in [-0.25, -0.2) is 0 Å². The molecule has 0 aliphatic carbocycles. The first-order valence-electron chi connectivity index (χ1n) is 6.01. The number of anilines is 1. The molecule has 0 saturated carbocycles. The standard InChI is InChI=1S/C12H18N4OS/c1-4-13-9(2)11-14-15-12(17-11)16(3)8-10-6-5-7-18-10/h5-7,9,13H,4,8H2,1-3H3. The van der Waals surface area contributed by atoms with E-state index in [0.717, 1.165) is 13.1 Å². The van der Waals surface area contributed by atoms with E-state index in [1.165, 1.54) is 4.88 Å². The molecule has 1 N–H and O–H groups in total. The van der Waals surface area contributed by atoms with Crippen LogP contribution in [0, 0.1) is 0 Å². The second-order valence-electron chi connectivity index (χ2n) is 4.14. The first-order chi connectivity index (χ1) is 8.70. The molecule has 0 saturated heterocycles. The predicted molar refractivity (Wildman–Crippen MR) is 72.8 cm³/mol. The largest absolute Gasteiger partial charge is 0.406 e. The molecule has 0 radical (unpaired) electrons. The molecule has 0 amide bonds. The van der Waals surface area contributed by atoms with Crippen molar-refractivity contribution in [2.45, 2.75) is 26.4 Å². The molecule has 1 atom stereocenters. The molecule has 1 unspecified atom stereocenters. The van der Waals surface area contributed by atoms with Gasteiger partial charge in [0.05, 0.1) is 12.6 Å². The minimum Gasteiger partial charge on any atom is -0.406 e. The third kappa shape index (κ3) is 3.08. The van der Waals surface area contributed by atoms with Gasteiger partial charge in [0.25, 0.3) is 0 Å². The van der Waals surface area contributed by atoms with Crippen LogP contribution in [-0.4, -0.2) is 23.8 Å². The Morgan fingerprint density at radius 3 is 3.00 bits per heavy atom. The Hall–Kier alpha value is -1.40. The average Bonchev–Trinajstić information content (AvgIpc) is 2.99. The van der Waals surface area contributed by atoms with Crippen LogP contribution in [0.5, 0.6) is 0 Å². The van der Waals surface area contributed by atoms with Gasteiger partial charge in [-0.3, -0.25) is 0 Å². The van der Waals surface area contributed by atoms with Crippen molar-refractivity contribution >= 4 is 17.4 Å². The minimum absolute atomic E-state index is 0.0892. The molecule has 0 spiro atoms. The number of hydrogen-bond donors (Lipinski definition) is 1. The first-order valence-corrected chi connectivity index (χ1v) is 6.89. The molecule has 0 bridgehead atoms. The summed E-state index contributed by atoms with van der Waals surface area (Å²) in [6.07, 6.45) is 0. The Morgan fingerprint density at radius 2 is 2.33 bits per heavy atom. The molecule has 6 heteroatoms. The van der Waals surface area contributed by atoms with Crippen molar-refractivity contribution in [1.82, 2.24) is 15.5 Å². The summed E-state index contributed by atoms with van der Waals surface area (Å²) in [4.78, 5) is 3.23. The zero-order valence-electron chi connectivity index (χ0n) is 10.9. The highest BCUT2D eigenvalue weighted by Gasteiger charge is 2.15. The van der Waals surface area contributed by atoms with Crippen LogP contribution in [0.4, 0.5) is 6.01 Å². The van der Waals surface area contributed by atoms with E-state index in [1.807, 2.05) is 24.9 Å². The quantitative estimate of drug-likeness (QED) is 0.870. The fourth-order valence-corrected chi connectivity index (χ4v) is 2.41. The first kappa shape index (κ1) is 13.0. The molecular formula is C12H18N4OS. The molecule has 18 heavy (non-hydrogen) atoms. The van der Waals surface area contributed by atoms with Crippen molar-refractivity contribution < 1.29 is 4.42 Å². The number of aromatic nitrogens is 2. The van der Waals surface area contributed by atoms with Gasteiger partial charge in [-0.05, 0) is 24.9 Å². The van der Waals surface area contributed by atoms with Gasteiger partial charge in [0.15, 0.2) is 0 Å². The fraction of sp³-hybridized carbons (Fsp3) is 0.500. The average molecular weight is 266 g/mol. The summed E-state index contributed by atoms with van der Waals surface area (Å²) in [6.45, 7) is 5.73. The second kappa shape index (κ2) is 5.97. The van der Waals surface area contributed by atoms with Gasteiger partial charge in [-0.2, -0.15) is 0 Å². The van der Waals surface area contributed by atoms with Crippen LogP contribution in [0.15, 0.2) is 21.9 Å². The molecule has 2 rings (SSSR count). The van der Waals surface area contributed by atoms with E-state index in [4.69, 9.17) is 4.42 Å². The van der Waals surface area contributed by atoms with Gasteiger partial charge >= 0.3 is 6.01 Å². The molecule has 0 fully saturated rings. The van der Waals surface area contributed by atoms with Crippen molar-refractivity contribution in [1.29, 1.82) is 0 Å². The van der Waals surface area contributed by atoms with E-state index in [2.05, 4.69) is 33.9 Å². The van der Waals surface area contributed by atoms with Crippen molar-refractivity contribution in [2.75, 3.05) is 18.5 Å². The molecule has 0 aromatic carbocycles. The number of thiophene rings is 1. The SMILES string of the molecule is CCNC(C)c1nnc(N(C)Cc2cccs2)o1.